The summed E-state index contributed by atoms with van der Waals surface area (Å²) >= 11 is 0. The zero-order chi connectivity index (χ0) is 21.8. The molecule has 0 radical (unpaired) electrons. The highest BCUT2D eigenvalue weighted by atomic mass is 32.2. The van der Waals surface area contributed by atoms with E-state index < -0.39 is 15.1 Å². The van der Waals surface area contributed by atoms with Crippen molar-refractivity contribution in [2.24, 2.45) is 0 Å². The molecule has 2 aliphatic rings. The number of likely N-dealkylation sites (tertiary alicyclic amines) is 1. The third-order valence-corrected chi connectivity index (χ3v) is 8.58. The van der Waals surface area contributed by atoms with Crippen LogP contribution in [0.3, 0.4) is 0 Å². The quantitative estimate of drug-likeness (QED) is 0.608. The Morgan fingerprint density at radius 1 is 1.23 bits per heavy atom. The Morgan fingerprint density at radius 3 is 2.81 bits per heavy atom. The molecule has 0 aliphatic carbocycles. The van der Waals surface area contributed by atoms with Crippen LogP contribution < -0.4 is 4.74 Å². The highest BCUT2D eigenvalue weighted by molar-refractivity contribution is 7.92. The van der Waals surface area contributed by atoms with Gasteiger partial charge in [-0.1, -0.05) is 6.07 Å². The van der Waals surface area contributed by atoms with Crippen molar-refractivity contribution in [1.82, 2.24) is 19.7 Å². The zero-order valence-electron chi connectivity index (χ0n) is 17.9. The van der Waals surface area contributed by atoms with Crippen molar-refractivity contribution >= 4 is 9.84 Å². The molecule has 0 bridgehead atoms. The highest BCUT2D eigenvalue weighted by Gasteiger charge is 2.50. The van der Waals surface area contributed by atoms with Gasteiger partial charge in [0.05, 0.1) is 23.5 Å². The number of hydrogen-bond donors (Lipinski definition) is 0. The lowest BCUT2D eigenvalue weighted by atomic mass is 9.95. The number of methoxy groups -OCH3 is 1. The van der Waals surface area contributed by atoms with Gasteiger partial charge in [-0.25, -0.2) is 13.4 Å². The molecule has 1 saturated heterocycles. The molecule has 2 atom stereocenters. The molecular formula is C23H26N4O3S. The molecule has 0 spiro atoms. The van der Waals surface area contributed by atoms with Crippen molar-refractivity contribution in [2.45, 2.75) is 42.5 Å². The van der Waals surface area contributed by atoms with Gasteiger partial charge in [-0.2, -0.15) is 5.10 Å². The van der Waals surface area contributed by atoms with Gasteiger partial charge in [-0.05, 0) is 49.2 Å². The minimum atomic E-state index is -3.34. The Kier molecular flexibility index (Phi) is 4.86. The van der Waals surface area contributed by atoms with Gasteiger partial charge >= 0.3 is 0 Å². The molecule has 2 aromatic heterocycles. The molecule has 31 heavy (non-hydrogen) atoms. The van der Waals surface area contributed by atoms with Crippen molar-refractivity contribution in [3.8, 4) is 17.0 Å². The number of fused-ring (bicyclic) bond motifs is 3. The summed E-state index contributed by atoms with van der Waals surface area (Å²) in [5, 5.41) is 4.02. The first-order chi connectivity index (χ1) is 14.9. The molecule has 3 aromatic rings. The maximum absolute atomic E-state index is 13.2. The number of sulfone groups is 1. The van der Waals surface area contributed by atoms with Gasteiger partial charge in [0.25, 0.3) is 0 Å². The predicted octanol–water partition coefficient (Wildman–Crippen LogP) is 3.29. The SMILES string of the molecule is COc1ncccc1-c1ccc2c(c1)[C@@H]1CN(Cc3cnn(C(C)C)c3)C[C@H]1S2(=O)=O. The van der Waals surface area contributed by atoms with Crippen LogP contribution in [0.4, 0.5) is 0 Å². The summed E-state index contributed by atoms with van der Waals surface area (Å²) in [5.74, 6) is 0.512. The fourth-order valence-electron chi connectivity index (χ4n) is 4.79. The number of rotatable bonds is 5. The molecule has 7 nitrogen and oxygen atoms in total. The van der Waals surface area contributed by atoms with E-state index in [9.17, 15) is 8.42 Å². The lowest BCUT2D eigenvalue weighted by Gasteiger charge is -2.17. The minimum Gasteiger partial charge on any atom is -0.481 e. The summed E-state index contributed by atoms with van der Waals surface area (Å²) in [6.45, 7) is 6.16. The molecule has 2 aliphatic heterocycles. The lowest BCUT2D eigenvalue weighted by molar-refractivity contribution is 0.325. The first-order valence-corrected chi connectivity index (χ1v) is 12.1. The summed E-state index contributed by atoms with van der Waals surface area (Å²) in [7, 11) is -1.75. The van der Waals surface area contributed by atoms with Crippen LogP contribution in [0, 0.1) is 0 Å². The van der Waals surface area contributed by atoms with Crippen LogP contribution in [0.2, 0.25) is 0 Å². The summed E-state index contributed by atoms with van der Waals surface area (Å²) < 4.78 is 33.8. The second-order valence-electron chi connectivity index (χ2n) is 8.62. The number of benzene rings is 1. The monoisotopic (exact) mass is 438 g/mol. The summed E-state index contributed by atoms with van der Waals surface area (Å²) in [4.78, 5) is 6.98. The highest BCUT2D eigenvalue weighted by Crippen LogP contribution is 2.46. The third-order valence-electron chi connectivity index (χ3n) is 6.32. The van der Waals surface area contributed by atoms with Crippen molar-refractivity contribution in [3.05, 3.63) is 60.0 Å². The molecule has 1 fully saturated rings. The topological polar surface area (TPSA) is 77.3 Å². The summed E-state index contributed by atoms with van der Waals surface area (Å²) in [5.41, 5.74) is 3.81. The Hall–Kier alpha value is -2.71. The molecule has 0 N–H and O–H groups in total. The van der Waals surface area contributed by atoms with Crippen molar-refractivity contribution in [1.29, 1.82) is 0 Å². The summed E-state index contributed by atoms with van der Waals surface area (Å²) in [6.07, 6.45) is 5.61. The first-order valence-electron chi connectivity index (χ1n) is 10.5. The Balaban J connectivity index is 1.45. The smallest absolute Gasteiger partial charge is 0.221 e. The molecule has 0 unspecified atom stereocenters. The van der Waals surface area contributed by atoms with Gasteiger partial charge in [-0.15, -0.1) is 0 Å². The van der Waals surface area contributed by atoms with Crippen molar-refractivity contribution in [2.75, 3.05) is 20.2 Å². The van der Waals surface area contributed by atoms with E-state index in [4.69, 9.17) is 4.74 Å². The van der Waals surface area contributed by atoms with Gasteiger partial charge < -0.3 is 4.74 Å². The first kappa shape index (κ1) is 20.2. The second kappa shape index (κ2) is 7.46. The van der Waals surface area contributed by atoms with Gasteiger partial charge in [0.1, 0.15) is 0 Å². The number of hydrogen-bond acceptors (Lipinski definition) is 6. The fourth-order valence-corrected chi connectivity index (χ4v) is 6.99. The van der Waals surface area contributed by atoms with Crippen LogP contribution in [0.15, 0.2) is 53.8 Å². The average molecular weight is 439 g/mol. The summed E-state index contributed by atoms with van der Waals surface area (Å²) in [6, 6.07) is 9.73. The number of aromatic nitrogens is 3. The molecule has 0 saturated carbocycles. The third kappa shape index (κ3) is 3.34. The molecule has 8 heteroatoms. The standard InChI is InChI=1S/C23H26N4O3S/c1-15(2)27-12-16(10-25-27)11-26-13-20-19-9-17(18-5-4-8-24-23(18)30-3)6-7-21(19)31(28,29)22(20)14-26/h4-10,12,15,20,22H,11,13-14H2,1-3H3/t20-,22+/m0/s1. The predicted molar refractivity (Wildman–Crippen MR) is 118 cm³/mol. The van der Waals surface area contributed by atoms with Gasteiger partial charge in [0.2, 0.25) is 5.88 Å². The fraction of sp³-hybridized carbons (Fsp3) is 0.391. The maximum atomic E-state index is 13.2. The van der Waals surface area contributed by atoms with E-state index in [0.29, 0.717) is 29.9 Å². The molecule has 162 valence electrons. The number of nitrogens with zero attached hydrogens (tertiary/aromatic N) is 4. The van der Waals surface area contributed by atoms with E-state index >= 15 is 0 Å². The zero-order valence-corrected chi connectivity index (χ0v) is 18.7. The van der Waals surface area contributed by atoms with Crippen LogP contribution in [0.1, 0.15) is 36.9 Å². The number of pyridine rings is 1. The lowest BCUT2D eigenvalue weighted by Crippen LogP contribution is -2.25. The molecule has 4 heterocycles. The van der Waals surface area contributed by atoms with Crippen molar-refractivity contribution < 1.29 is 13.2 Å². The van der Waals surface area contributed by atoms with Gasteiger partial charge in [0.15, 0.2) is 9.84 Å². The Morgan fingerprint density at radius 2 is 2.06 bits per heavy atom. The van der Waals surface area contributed by atoms with Crippen LogP contribution >= 0.6 is 0 Å². The van der Waals surface area contributed by atoms with Crippen LogP contribution in [0.5, 0.6) is 5.88 Å². The van der Waals surface area contributed by atoms with Gasteiger partial charge in [-0.3, -0.25) is 9.58 Å². The van der Waals surface area contributed by atoms with Gasteiger partial charge in [0, 0.05) is 55.1 Å². The van der Waals surface area contributed by atoms with E-state index in [1.54, 1.807) is 19.4 Å². The van der Waals surface area contributed by atoms with E-state index in [-0.39, 0.29) is 5.92 Å². The molecular weight excluding hydrogens is 412 g/mol. The molecule has 5 rings (SSSR count). The number of ether oxygens (including phenoxy) is 1. The van der Waals surface area contributed by atoms with Crippen molar-refractivity contribution in [3.63, 3.8) is 0 Å². The van der Waals surface area contributed by atoms with Crippen LogP contribution in [-0.4, -0.2) is 53.5 Å². The van der Waals surface area contributed by atoms with E-state index in [0.717, 1.165) is 28.8 Å². The molecule has 0 amide bonds. The molecule has 1 aromatic carbocycles. The minimum absolute atomic E-state index is 0.0252. The maximum Gasteiger partial charge on any atom is 0.221 e. The van der Waals surface area contributed by atoms with E-state index in [1.165, 1.54) is 0 Å². The van der Waals surface area contributed by atoms with E-state index in [1.807, 2.05) is 41.3 Å². The average Bonchev–Trinajstić information content (AvgIpc) is 3.45. The second-order valence-corrected chi connectivity index (χ2v) is 10.8. The Labute approximate surface area is 182 Å². The van der Waals surface area contributed by atoms with E-state index in [2.05, 4.69) is 28.8 Å². The largest absolute Gasteiger partial charge is 0.481 e. The van der Waals surface area contributed by atoms with Crippen LogP contribution in [0.25, 0.3) is 11.1 Å². The Bertz CT molecular complexity index is 1240. The van der Waals surface area contributed by atoms with Crippen LogP contribution in [-0.2, 0) is 16.4 Å². The normalized spacial score (nSPS) is 21.9.